The first kappa shape index (κ1) is 24.5. The lowest BCUT2D eigenvalue weighted by Gasteiger charge is -2.32. The summed E-state index contributed by atoms with van der Waals surface area (Å²) in [7, 11) is -3.87. The number of benzene rings is 3. The second-order valence-corrected chi connectivity index (χ2v) is 10.6. The molecule has 1 aliphatic rings. The van der Waals surface area contributed by atoms with E-state index in [1.165, 1.54) is 12.1 Å². The Morgan fingerprint density at radius 1 is 0.914 bits per heavy atom. The highest BCUT2D eigenvalue weighted by molar-refractivity contribution is 7.92. The molecule has 1 aliphatic heterocycles. The fraction of sp³-hybridized carbons (Fsp3) is 0.259. The number of amides is 2. The van der Waals surface area contributed by atoms with E-state index in [-0.39, 0.29) is 29.2 Å². The van der Waals surface area contributed by atoms with Gasteiger partial charge in [0.15, 0.2) is 0 Å². The zero-order chi connectivity index (χ0) is 25.0. The second kappa shape index (κ2) is 10.3. The van der Waals surface area contributed by atoms with E-state index in [2.05, 4.69) is 10.0 Å². The molecule has 182 valence electrons. The van der Waals surface area contributed by atoms with Crippen LogP contribution in [-0.2, 0) is 14.8 Å². The number of nitrogens with one attached hydrogen (secondary N) is 2. The molecule has 35 heavy (non-hydrogen) atoms. The zero-order valence-electron chi connectivity index (χ0n) is 19.8. The molecule has 2 amide bonds. The summed E-state index contributed by atoms with van der Waals surface area (Å²) in [6.07, 6.45) is 1.39. The third kappa shape index (κ3) is 5.89. The van der Waals surface area contributed by atoms with Crippen LogP contribution < -0.4 is 10.0 Å². The summed E-state index contributed by atoms with van der Waals surface area (Å²) in [6.45, 7) is 4.51. The number of anilines is 2. The summed E-state index contributed by atoms with van der Waals surface area (Å²) in [6, 6.07) is 20.8. The van der Waals surface area contributed by atoms with Gasteiger partial charge in [-0.3, -0.25) is 14.3 Å². The summed E-state index contributed by atoms with van der Waals surface area (Å²) in [5.74, 6) is -0.723. The number of likely N-dealkylation sites (tertiary alicyclic amines) is 1. The summed E-state index contributed by atoms with van der Waals surface area (Å²) in [4.78, 5) is 27.8. The molecule has 0 aliphatic carbocycles. The summed E-state index contributed by atoms with van der Waals surface area (Å²) in [5, 5.41) is 2.91. The maximum absolute atomic E-state index is 13.4. The van der Waals surface area contributed by atoms with E-state index in [1.807, 2.05) is 49.4 Å². The highest BCUT2D eigenvalue weighted by atomic mass is 32.2. The fourth-order valence-electron chi connectivity index (χ4n) is 4.15. The smallest absolute Gasteiger partial charge is 0.261 e. The van der Waals surface area contributed by atoms with Gasteiger partial charge < -0.3 is 10.2 Å². The van der Waals surface area contributed by atoms with Crippen LogP contribution in [0.1, 0.15) is 34.3 Å². The van der Waals surface area contributed by atoms with Crippen LogP contribution in [0.3, 0.4) is 0 Å². The van der Waals surface area contributed by atoms with Gasteiger partial charge in [-0.2, -0.15) is 0 Å². The Kier molecular flexibility index (Phi) is 7.21. The van der Waals surface area contributed by atoms with Gasteiger partial charge >= 0.3 is 0 Å². The lowest BCUT2D eigenvalue weighted by Crippen LogP contribution is -2.44. The number of carbonyl (C=O) groups excluding carboxylic acids is 2. The third-order valence-electron chi connectivity index (χ3n) is 6.17. The van der Waals surface area contributed by atoms with Crippen LogP contribution in [0.25, 0.3) is 0 Å². The van der Waals surface area contributed by atoms with Gasteiger partial charge in [0.1, 0.15) is 0 Å². The lowest BCUT2D eigenvalue weighted by atomic mass is 9.96. The fourth-order valence-corrected chi connectivity index (χ4v) is 5.23. The Bertz CT molecular complexity index is 1320. The van der Waals surface area contributed by atoms with E-state index >= 15 is 0 Å². The first-order valence-electron chi connectivity index (χ1n) is 11.6. The summed E-state index contributed by atoms with van der Waals surface area (Å²) in [5.41, 5.74) is 3.19. The maximum Gasteiger partial charge on any atom is 0.261 e. The normalized spacial score (nSPS) is 15.9. The monoisotopic (exact) mass is 491 g/mol. The quantitative estimate of drug-likeness (QED) is 0.527. The molecule has 1 heterocycles. The Morgan fingerprint density at radius 3 is 2.34 bits per heavy atom. The molecule has 3 aromatic carbocycles. The van der Waals surface area contributed by atoms with E-state index in [0.29, 0.717) is 36.2 Å². The average molecular weight is 492 g/mol. The van der Waals surface area contributed by atoms with Crippen LogP contribution >= 0.6 is 0 Å². The second-order valence-electron chi connectivity index (χ2n) is 8.89. The van der Waals surface area contributed by atoms with Gasteiger partial charge in [-0.1, -0.05) is 42.0 Å². The number of hydrogen-bond donors (Lipinski definition) is 2. The average Bonchev–Trinajstić information content (AvgIpc) is 2.86. The molecule has 7 nitrogen and oxygen atoms in total. The molecule has 4 rings (SSSR count). The number of carbonyl (C=O) groups is 2. The highest BCUT2D eigenvalue weighted by Crippen LogP contribution is 2.24. The van der Waals surface area contributed by atoms with Crippen LogP contribution in [0.4, 0.5) is 11.4 Å². The van der Waals surface area contributed by atoms with Crippen molar-refractivity contribution < 1.29 is 18.0 Å². The van der Waals surface area contributed by atoms with Crippen molar-refractivity contribution in [3.05, 3.63) is 89.5 Å². The van der Waals surface area contributed by atoms with Crippen molar-refractivity contribution in [2.75, 3.05) is 23.1 Å². The first-order valence-corrected chi connectivity index (χ1v) is 13.1. The van der Waals surface area contributed by atoms with E-state index in [9.17, 15) is 18.0 Å². The van der Waals surface area contributed by atoms with Gasteiger partial charge in [-0.25, -0.2) is 8.42 Å². The first-order chi connectivity index (χ1) is 16.7. The molecule has 3 aromatic rings. The minimum atomic E-state index is -3.87. The van der Waals surface area contributed by atoms with Crippen molar-refractivity contribution in [2.45, 2.75) is 31.6 Å². The molecular formula is C27H29N3O4S. The van der Waals surface area contributed by atoms with Gasteiger partial charge in [0, 0.05) is 30.0 Å². The van der Waals surface area contributed by atoms with Crippen LogP contribution in [-0.4, -0.2) is 38.2 Å². The molecule has 8 heteroatoms. The molecule has 0 bridgehead atoms. The van der Waals surface area contributed by atoms with E-state index in [4.69, 9.17) is 0 Å². The number of piperidine rings is 1. The topological polar surface area (TPSA) is 95.6 Å². The number of rotatable bonds is 6. The van der Waals surface area contributed by atoms with Gasteiger partial charge in [-0.05, 0) is 68.7 Å². The number of nitrogens with zero attached hydrogens (tertiary/aromatic N) is 1. The van der Waals surface area contributed by atoms with Crippen molar-refractivity contribution in [2.24, 2.45) is 5.92 Å². The van der Waals surface area contributed by atoms with Gasteiger partial charge in [-0.15, -0.1) is 0 Å². The standard InChI is InChI=1S/C27H29N3O4S/c1-19-10-13-23(14-11-19)29-35(33,34)24-15-12-20(2)25(17-24)27(32)30-16-6-7-21(18-30)26(31)28-22-8-4-3-5-9-22/h3-5,8-15,17,21,29H,6-7,16,18H2,1-2H3,(H,28,31)/t21-/m0/s1. The van der Waals surface area contributed by atoms with E-state index < -0.39 is 10.0 Å². The zero-order valence-corrected chi connectivity index (χ0v) is 20.6. The Hall–Kier alpha value is -3.65. The minimum Gasteiger partial charge on any atom is -0.338 e. The molecule has 0 aromatic heterocycles. The van der Waals surface area contributed by atoms with Crippen molar-refractivity contribution in [3.8, 4) is 0 Å². The number of hydrogen-bond acceptors (Lipinski definition) is 4. The number of aryl methyl sites for hydroxylation is 2. The largest absolute Gasteiger partial charge is 0.338 e. The summed E-state index contributed by atoms with van der Waals surface area (Å²) < 4.78 is 28.5. The van der Waals surface area contributed by atoms with Crippen molar-refractivity contribution >= 4 is 33.2 Å². The van der Waals surface area contributed by atoms with Crippen molar-refractivity contribution in [1.82, 2.24) is 4.90 Å². The Morgan fingerprint density at radius 2 is 1.63 bits per heavy atom. The molecule has 0 saturated carbocycles. The number of para-hydroxylation sites is 1. The van der Waals surface area contributed by atoms with Gasteiger partial charge in [0.25, 0.3) is 15.9 Å². The number of sulfonamides is 1. The molecule has 0 spiro atoms. The van der Waals surface area contributed by atoms with Gasteiger partial charge in [0.2, 0.25) is 5.91 Å². The molecule has 1 atom stereocenters. The van der Waals surface area contributed by atoms with Crippen molar-refractivity contribution in [3.63, 3.8) is 0 Å². The summed E-state index contributed by atoms with van der Waals surface area (Å²) >= 11 is 0. The third-order valence-corrected chi connectivity index (χ3v) is 7.55. The molecular weight excluding hydrogens is 462 g/mol. The van der Waals surface area contributed by atoms with Crippen LogP contribution in [0.2, 0.25) is 0 Å². The van der Waals surface area contributed by atoms with Crippen molar-refractivity contribution in [1.29, 1.82) is 0 Å². The van der Waals surface area contributed by atoms with Gasteiger partial charge in [0.05, 0.1) is 10.8 Å². The molecule has 0 radical (unpaired) electrons. The Balaban J connectivity index is 1.50. The lowest BCUT2D eigenvalue weighted by molar-refractivity contribution is -0.121. The highest BCUT2D eigenvalue weighted by Gasteiger charge is 2.30. The van der Waals surface area contributed by atoms with E-state index in [1.54, 1.807) is 30.0 Å². The molecule has 2 N–H and O–H groups in total. The SMILES string of the molecule is Cc1ccc(NS(=O)(=O)c2ccc(C)c(C(=O)N3CCC[C@H](C(=O)Nc4ccccc4)C3)c2)cc1. The van der Waals surface area contributed by atoms with Crippen LogP contribution in [0, 0.1) is 19.8 Å². The van der Waals surface area contributed by atoms with E-state index in [0.717, 1.165) is 11.3 Å². The molecule has 1 saturated heterocycles. The van der Waals surface area contributed by atoms with Crippen LogP contribution in [0.5, 0.6) is 0 Å². The molecule has 0 unspecified atom stereocenters. The Labute approximate surface area is 206 Å². The predicted molar refractivity (Wildman–Crippen MR) is 137 cm³/mol. The molecule has 1 fully saturated rings. The predicted octanol–water partition coefficient (Wildman–Crippen LogP) is 4.60. The van der Waals surface area contributed by atoms with Crippen LogP contribution in [0.15, 0.2) is 77.7 Å². The minimum absolute atomic E-state index is 0.0161. The maximum atomic E-state index is 13.4.